The van der Waals surface area contributed by atoms with Crippen molar-refractivity contribution >= 4 is 41.0 Å². The van der Waals surface area contributed by atoms with Crippen LogP contribution in [0.3, 0.4) is 0 Å². The number of carbonyl (C=O) groups excluding carboxylic acids is 2. The Morgan fingerprint density at radius 1 is 1.10 bits per heavy atom. The van der Waals surface area contributed by atoms with Crippen LogP contribution in [0.25, 0.3) is 6.08 Å². The van der Waals surface area contributed by atoms with Gasteiger partial charge in [0.1, 0.15) is 30.3 Å². The van der Waals surface area contributed by atoms with Crippen LogP contribution in [-0.2, 0) is 14.3 Å². The summed E-state index contributed by atoms with van der Waals surface area (Å²) in [5.74, 6) is 2.79. The lowest BCUT2D eigenvalue weighted by atomic mass is 10.1. The van der Waals surface area contributed by atoms with Gasteiger partial charge in [-0.2, -0.15) is 0 Å². The number of methoxy groups -OCH3 is 2. The van der Waals surface area contributed by atoms with Gasteiger partial charge in [0.15, 0.2) is 5.11 Å². The molecule has 0 spiro atoms. The molecule has 0 aliphatic carbocycles. The summed E-state index contributed by atoms with van der Waals surface area (Å²) < 4.78 is 15.3. The topological polar surface area (TPSA) is 68.3 Å². The zero-order valence-electron chi connectivity index (χ0n) is 17.0. The van der Waals surface area contributed by atoms with Gasteiger partial charge in [0, 0.05) is 0 Å². The van der Waals surface area contributed by atoms with Crippen LogP contribution in [0.15, 0.2) is 54.2 Å². The van der Waals surface area contributed by atoms with E-state index in [0.717, 1.165) is 5.56 Å². The van der Waals surface area contributed by atoms with E-state index in [9.17, 15) is 9.59 Å². The van der Waals surface area contributed by atoms with Crippen LogP contribution >= 0.6 is 12.2 Å². The molecule has 1 aliphatic heterocycles. The fourth-order valence-corrected chi connectivity index (χ4v) is 3.28. The highest BCUT2D eigenvalue weighted by molar-refractivity contribution is 7.80. The predicted octanol–water partition coefficient (Wildman–Crippen LogP) is 2.85. The van der Waals surface area contributed by atoms with Crippen molar-refractivity contribution in [1.29, 1.82) is 0 Å². The highest BCUT2D eigenvalue weighted by atomic mass is 32.1. The maximum atomic E-state index is 13.3. The average molecular weight is 436 g/mol. The zero-order chi connectivity index (χ0) is 22.4. The van der Waals surface area contributed by atoms with Crippen LogP contribution in [0.5, 0.6) is 11.5 Å². The van der Waals surface area contributed by atoms with E-state index in [0.29, 0.717) is 17.2 Å². The molecule has 31 heavy (non-hydrogen) atoms. The fraction of sp³-hybridized carbons (Fsp3) is 0.174. The third kappa shape index (κ3) is 4.85. The number of esters is 1. The number of nitrogens with zero attached hydrogens (tertiary/aromatic N) is 2. The summed E-state index contributed by atoms with van der Waals surface area (Å²) in [6.07, 6.45) is 6.86. The van der Waals surface area contributed by atoms with Gasteiger partial charge in [-0.05, 0) is 60.3 Å². The molecular weight excluding hydrogens is 416 g/mol. The summed E-state index contributed by atoms with van der Waals surface area (Å²) >= 11 is 5.52. The van der Waals surface area contributed by atoms with E-state index >= 15 is 0 Å². The second kappa shape index (κ2) is 9.78. The van der Waals surface area contributed by atoms with Gasteiger partial charge in [0.25, 0.3) is 5.91 Å². The second-order valence-electron chi connectivity index (χ2n) is 6.37. The van der Waals surface area contributed by atoms with Crippen molar-refractivity contribution in [3.8, 4) is 23.8 Å². The normalized spacial score (nSPS) is 14.5. The van der Waals surface area contributed by atoms with Crippen molar-refractivity contribution in [2.45, 2.75) is 0 Å². The lowest BCUT2D eigenvalue weighted by Gasteiger charge is -2.19. The maximum Gasteiger partial charge on any atom is 0.325 e. The Labute approximate surface area is 185 Å². The van der Waals surface area contributed by atoms with Gasteiger partial charge in [-0.3, -0.25) is 14.5 Å². The summed E-state index contributed by atoms with van der Waals surface area (Å²) in [5.41, 5.74) is 1.54. The molecule has 0 N–H and O–H groups in total. The minimum atomic E-state index is -0.518. The van der Waals surface area contributed by atoms with Crippen molar-refractivity contribution in [3.63, 3.8) is 0 Å². The molecule has 158 valence electrons. The molecule has 1 aliphatic rings. The molecule has 1 fully saturated rings. The van der Waals surface area contributed by atoms with E-state index < -0.39 is 5.97 Å². The van der Waals surface area contributed by atoms with E-state index in [1.807, 2.05) is 0 Å². The molecule has 0 saturated carbocycles. The molecule has 3 rings (SSSR count). The number of hydrogen-bond donors (Lipinski definition) is 0. The number of ether oxygens (including phenoxy) is 3. The Morgan fingerprint density at radius 3 is 2.32 bits per heavy atom. The number of anilines is 1. The van der Waals surface area contributed by atoms with Gasteiger partial charge in [-0.15, -0.1) is 6.42 Å². The van der Waals surface area contributed by atoms with E-state index in [4.69, 9.17) is 32.9 Å². The number of hydrogen-bond acceptors (Lipinski definition) is 6. The molecule has 7 nitrogen and oxygen atoms in total. The lowest BCUT2D eigenvalue weighted by molar-refractivity contribution is -0.140. The van der Waals surface area contributed by atoms with Crippen LogP contribution < -0.4 is 14.4 Å². The summed E-state index contributed by atoms with van der Waals surface area (Å²) in [7, 11) is 2.84. The molecule has 0 aromatic heterocycles. The Hall–Kier alpha value is -3.83. The number of amides is 1. The van der Waals surface area contributed by atoms with Crippen LogP contribution in [-0.4, -0.2) is 49.3 Å². The van der Waals surface area contributed by atoms with Gasteiger partial charge in [0.2, 0.25) is 0 Å². The van der Waals surface area contributed by atoms with Crippen LogP contribution in [0.4, 0.5) is 5.69 Å². The zero-order valence-corrected chi connectivity index (χ0v) is 17.8. The number of carbonyl (C=O) groups is 2. The highest BCUT2D eigenvalue weighted by Crippen LogP contribution is 2.30. The molecule has 1 saturated heterocycles. The standard InChI is InChI=1S/C23H20N2O5S/c1-4-13-30-19-9-5-16(6-10-19)14-20-22(27)25(17-7-11-18(28-2)12-8-17)23(31)24(20)15-21(26)29-3/h1,5-12,14H,13,15H2,2-3H3/b20-14-. The third-order valence-electron chi connectivity index (χ3n) is 4.49. The average Bonchev–Trinajstić information content (AvgIpc) is 3.02. The number of benzene rings is 2. The van der Waals surface area contributed by atoms with E-state index in [1.165, 1.54) is 16.9 Å². The molecule has 8 heteroatoms. The van der Waals surface area contributed by atoms with Gasteiger partial charge < -0.3 is 19.1 Å². The van der Waals surface area contributed by atoms with Crippen molar-refractivity contribution in [3.05, 3.63) is 59.8 Å². The predicted molar refractivity (Wildman–Crippen MR) is 121 cm³/mol. The van der Waals surface area contributed by atoms with Crippen molar-refractivity contribution in [1.82, 2.24) is 4.90 Å². The smallest absolute Gasteiger partial charge is 0.325 e. The van der Waals surface area contributed by atoms with E-state index in [1.54, 1.807) is 61.7 Å². The Kier molecular flexibility index (Phi) is 6.90. The maximum absolute atomic E-state index is 13.3. The monoisotopic (exact) mass is 436 g/mol. The minimum Gasteiger partial charge on any atom is -0.497 e. The van der Waals surface area contributed by atoms with Crippen LogP contribution in [0.1, 0.15) is 5.56 Å². The summed E-state index contributed by atoms with van der Waals surface area (Å²) in [6, 6.07) is 13.9. The van der Waals surface area contributed by atoms with Gasteiger partial charge >= 0.3 is 5.97 Å². The van der Waals surface area contributed by atoms with Gasteiger partial charge in [-0.1, -0.05) is 18.1 Å². The van der Waals surface area contributed by atoms with Crippen LogP contribution in [0.2, 0.25) is 0 Å². The van der Waals surface area contributed by atoms with Crippen molar-refractivity contribution < 1.29 is 23.8 Å². The second-order valence-corrected chi connectivity index (χ2v) is 6.74. The quantitative estimate of drug-likeness (QED) is 0.286. The third-order valence-corrected chi connectivity index (χ3v) is 4.89. The largest absolute Gasteiger partial charge is 0.497 e. The Bertz CT molecular complexity index is 1050. The number of terminal acetylenes is 1. The first kappa shape index (κ1) is 21.9. The Balaban J connectivity index is 1.95. The summed E-state index contributed by atoms with van der Waals surface area (Å²) in [6.45, 7) is -0.0279. The van der Waals surface area contributed by atoms with Gasteiger partial charge in [-0.25, -0.2) is 0 Å². The minimum absolute atomic E-state index is 0.164. The molecule has 2 aromatic carbocycles. The van der Waals surface area contributed by atoms with Gasteiger partial charge in [0.05, 0.1) is 19.9 Å². The molecule has 1 heterocycles. The van der Waals surface area contributed by atoms with Crippen LogP contribution in [0, 0.1) is 12.3 Å². The van der Waals surface area contributed by atoms with E-state index in [-0.39, 0.29) is 29.9 Å². The molecule has 0 radical (unpaired) electrons. The number of rotatable bonds is 7. The first-order chi connectivity index (χ1) is 15.0. The summed E-state index contributed by atoms with van der Waals surface area (Å²) in [4.78, 5) is 28.0. The molecule has 0 unspecified atom stereocenters. The molecule has 1 amide bonds. The highest BCUT2D eigenvalue weighted by Gasteiger charge is 2.40. The SMILES string of the molecule is C#CCOc1ccc(/C=C2/C(=O)N(c3ccc(OC)cc3)C(=S)N2CC(=O)OC)cc1. The van der Waals surface area contributed by atoms with Crippen molar-refractivity contribution in [2.24, 2.45) is 0 Å². The summed E-state index contributed by atoms with van der Waals surface area (Å²) in [5, 5.41) is 0.181. The lowest BCUT2D eigenvalue weighted by Crippen LogP contribution is -2.35. The molecule has 0 atom stereocenters. The first-order valence-electron chi connectivity index (χ1n) is 9.23. The molecule has 0 bridgehead atoms. The first-order valence-corrected chi connectivity index (χ1v) is 9.64. The molecule has 2 aromatic rings. The Morgan fingerprint density at radius 2 is 1.74 bits per heavy atom. The van der Waals surface area contributed by atoms with Crippen molar-refractivity contribution in [2.75, 3.05) is 32.3 Å². The van der Waals surface area contributed by atoms with E-state index in [2.05, 4.69) is 5.92 Å². The number of thiocarbonyl (C=S) groups is 1. The fourth-order valence-electron chi connectivity index (χ4n) is 2.93. The molecular formula is C23H20N2O5S.